The summed E-state index contributed by atoms with van der Waals surface area (Å²) in [5.41, 5.74) is 0.192. The van der Waals surface area contributed by atoms with Gasteiger partial charge in [0.2, 0.25) is 0 Å². The Balaban J connectivity index is 2.25. The number of carbonyl (C=O) groups excluding carboxylic acids is 1. The van der Waals surface area contributed by atoms with Crippen LogP contribution in [-0.2, 0) is 9.53 Å². The SMILES string of the molecule is COCCC1(CNC(=O)NCC(C(=O)O)C(C)C)CC1. The number of nitrogens with one attached hydrogen (secondary N) is 2. The van der Waals surface area contributed by atoms with Gasteiger partial charge in [-0.1, -0.05) is 13.8 Å². The molecule has 1 saturated carbocycles. The zero-order valence-electron chi connectivity index (χ0n) is 12.6. The summed E-state index contributed by atoms with van der Waals surface area (Å²) in [5.74, 6) is -1.44. The van der Waals surface area contributed by atoms with Crippen LogP contribution in [-0.4, -0.2) is 43.9 Å². The molecule has 1 rings (SSSR count). The van der Waals surface area contributed by atoms with E-state index in [2.05, 4.69) is 10.6 Å². The third kappa shape index (κ3) is 5.36. The van der Waals surface area contributed by atoms with Crippen molar-refractivity contribution in [2.45, 2.75) is 33.1 Å². The second kappa shape index (κ2) is 7.47. The van der Waals surface area contributed by atoms with Gasteiger partial charge in [-0.2, -0.15) is 0 Å². The summed E-state index contributed by atoms with van der Waals surface area (Å²) in [7, 11) is 1.67. The second-order valence-corrected chi connectivity index (χ2v) is 6.00. The van der Waals surface area contributed by atoms with Crippen molar-refractivity contribution < 1.29 is 19.4 Å². The second-order valence-electron chi connectivity index (χ2n) is 6.00. The third-order valence-electron chi connectivity index (χ3n) is 4.02. The molecule has 0 aromatic carbocycles. The van der Waals surface area contributed by atoms with Crippen LogP contribution >= 0.6 is 0 Å². The predicted molar refractivity (Wildman–Crippen MR) is 75.5 cm³/mol. The van der Waals surface area contributed by atoms with Gasteiger partial charge in [-0.25, -0.2) is 4.79 Å². The summed E-state index contributed by atoms with van der Waals surface area (Å²) >= 11 is 0. The Morgan fingerprint density at radius 2 is 1.95 bits per heavy atom. The lowest BCUT2D eigenvalue weighted by atomic mass is 9.96. The molecule has 1 atom stereocenters. The molecule has 20 heavy (non-hydrogen) atoms. The highest BCUT2D eigenvalue weighted by molar-refractivity contribution is 5.76. The molecule has 1 aliphatic rings. The Morgan fingerprint density at radius 1 is 1.30 bits per heavy atom. The van der Waals surface area contributed by atoms with Crippen LogP contribution in [0.1, 0.15) is 33.1 Å². The normalized spacial score (nSPS) is 17.6. The number of aliphatic carboxylic acids is 1. The van der Waals surface area contributed by atoms with E-state index in [0.717, 1.165) is 19.3 Å². The number of methoxy groups -OCH3 is 1. The van der Waals surface area contributed by atoms with Gasteiger partial charge in [0.15, 0.2) is 0 Å². The van der Waals surface area contributed by atoms with Crippen LogP contribution in [0.2, 0.25) is 0 Å². The molecule has 1 fully saturated rings. The number of hydrogen-bond donors (Lipinski definition) is 3. The van der Waals surface area contributed by atoms with Crippen LogP contribution in [0.5, 0.6) is 0 Å². The monoisotopic (exact) mass is 286 g/mol. The van der Waals surface area contributed by atoms with E-state index in [9.17, 15) is 9.59 Å². The standard InChI is InChI=1S/C14H26N2O4/c1-10(2)11(12(17)18)8-15-13(19)16-9-14(4-5-14)6-7-20-3/h10-11H,4-9H2,1-3H3,(H,17,18)(H2,15,16,19). The fourth-order valence-electron chi connectivity index (χ4n) is 2.15. The quantitative estimate of drug-likeness (QED) is 0.599. The minimum absolute atomic E-state index is 0.00993. The summed E-state index contributed by atoms with van der Waals surface area (Å²) in [6.45, 7) is 5.16. The van der Waals surface area contributed by atoms with Gasteiger partial charge in [0, 0.05) is 26.8 Å². The lowest BCUT2D eigenvalue weighted by Crippen LogP contribution is -2.43. The van der Waals surface area contributed by atoms with Gasteiger partial charge < -0.3 is 20.5 Å². The van der Waals surface area contributed by atoms with E-state index in [1.165, 1.54) is 0 Å². The van der Waals surface area contributed by atoms with Crippen LogP contribution in [0.3, 0.4) is 0 Å². The zero-order valence-corrected chi connectivity index (χ0v) is 12.6. The molecular formula is C14H26N2O4. The highest BCUT2D eigenvalue weighted by atomic mass is 16.5. The smallest absolute Gasteiger partial charge is 0.314 e. The Hall–Kier alpha value is -1.30. The summed E-state index contributed by atoms with van der Waals surface area (Å²) in [5, 5.41) is 14.5. The lowest BCUT2D eigenvalue weighted by molar-refractivity contribution is -0.142. The number of hydrogen-bond acceptors (Lipinski definition) is 3. The average Bonchev–Trinajstić information content (AvgIpc) is 3.14. The molecule has 1 unspecified atom stereocenters. The molecule has 3 N–H and O–H groups in total. The van der Waals surface area contributed by atoms with Crippen molar-refractivity contribution in [3.8, 4) is 0 Å². The maximum Gasteiger partial charge on any atom is 0.314 e. The lowest BCUT2D eigenvalue weighted by Gasteiger charge is -2.19. The summed E-state index contributed by atoms with van der Waals surface area (Å²) in [4.78, 5) is 22.7. The maximum absolute atomic E-state index is 11.7. The van der Waals surface area contributed by atoms with E-state index >= 15 is 0 Å². The molecule has 6 heteroatoms. The fraction of sp³-hybridized carbons (Fsp3) is 0.857. The van der Waals surface area contributed by atoms with Gasteiger partial charge in [-0.05, 0) is 30.6 Å². The minimum Gasteiger partial charge on any atom is -0.481 e. The number of amides is 2. The molecule has 0 heterocycles. The van der Waals surface area contributed by atoms with E-state index in [1.807, 2.05) is 13.8 Å². The van der Waals surface area contributed by atoms with Crippen LogP contribution in [0.15, 0.2) is 0 Å². The van der Waals surface area contributed by atoms with Gasteiger partial charge in [0.05, 0.1) is 5.92 Å². The molecule has 116 valence electrons. The topological polar surface area (TPSA) is 87.7 Å². The van der Waals surface area contributed by atoms with E-state index in [4.69, 9.17) is 9.84 Å². The minimum atomic E-state index is -0.876. The first-order chi connectivity index (χ1) is 9.40. The molecule has 6 nitrogen and oxygen atoms in total. The van der Waals surface area contributed by atoms with Gasteiger partial charge in [0.1, 0.15) is 0 Å². The average molecular weight is 286 g/mol. The van der Waals surface area contributed by atoms with Crippen molar-refractivity contribution in [2.75, 3.05) is 26.8 Å². The van der Waals surface area contributed by atoms with Gasteiger partial charge in [-0.15, -0.1) is 0 Å². The first kappa shape index (κ1) is 16.8. The highest BCUT2D eigenvalue weighted by Crippen LogP contribution is 2.48. The van der Waals surface area contributed by atoms with Crippen molar-refractivity contribution in [2.24, 2.45) is 17.3 Å². The summed E-state index contributed by atoms with van der Waals surface area (Å²) in [6.07, 6.45) is 3.17. The summed E-state index contributed by atoms with van der Waals surface area (Å²) in [6, 6.07) is -0.291. The van der Waals surface area contributed by atoms with Crippen molar-refractivity contribution in [3.05, 3.63) is 0 Å². The van der Waals surface area contributed by atoms with Crippen molar-refractivity contribution in [1.29, 1.82) is 0 Å². The van der Waals surface area contributed by atoms with E-state index in [1.54, 1.807) is 7.11 Å². The Labute approximate surface area is 120 Å². The van der Waals surface area contributed by atoms with Crippen LogP contribution in [0, 0.1) is 17.3 Å². The zero-order chi connectivity index (χ0) is 15.2. The molecule has 0 aliphatic heterocycles. The van der Waals surface area contributed by atoms with Crippen molar-refractivity contribution >= 4 is 12.0 Å². The molecule has 0 saturated heterocycles. The maximum atomic E-state index is 11.7. The van der Waals surface area contributed by atoms with Gasteiger partial charge in [-0.3, -0.25) is 4.79 Å². The molecule has 0 aromatic heterocycles. The van der Waals surface area contributed by atoms with Crippen molar-refractivity contribution in [3.63, 3.8) is 0 Å². The molecule has 0 spiro atoms. The van der Waals surface area contributed by atoms with E-state index in [0.29, 0.717) is 13.2 Å². The van der Waals surface area contributed by atoms with Crippen molar-refractivity contribution in [1.82, 2.24) is 10.6 Å². The largest absolute Gasteiger partial charge is 0.481 e. The molecule has 2 amide bonds. The number of ether oxygens (including phenoxy) is 1. The number of urea groups is 1. The first-order valence-corrected chi connectivity index (χ1v) is 7.14. The highest BCUT2D eigenvalue weighted by Gasteiger charge is 2.42. The molecular weight excluding hydrogens is 260 g/mol. The number of rotatable bonds is 9. The molecule has 1 aliphatic carbocycles. The predicted octanol–water partition coefficient (Wildman–Crippen LogP) is 1.46. The number of carboxylic acid groups (broad SMARTS) is 1. The number of carboxylic acids is 1. The Bertz CT molecular complexity index is 340. The number of carbonyl (C=O) groups is 2. The fourth-order valence-corrected chi connectivity index (χ4v) is 2.15. The molecule has 0 radical (unpaired) electrons. The first-order valence-electron chi connectivity index (χ1n) is 7.14. The molecule has 0 aromatic rings. The van der Waals surface area contributed by atoms with Crippen LogP contribution < -0.4 is 10.6 Å². The summed E-state index contributed by atoms with van der Waals surface area (Å²) < 4.78 is 5.06. The Kier molecular flexibility index (Phi) is 6.26. The third-order valence-corrected chi connectivity index (χ3v) is 4.02. The van der Waals surface area contributed by atoms with Gasteiger partial charge >= 0.3 is 12.0 Å². The van der Waals surface area contributed by atoms with E-state index < -0.39 is 11.9 Å². The Morgan fingerprint density at radius 3 is 2.40 bits per heavy atom. The van der Waals surface area contributed by atoms with Gasteiger partial charge in [0.25, 0.3) is 0 Å². The van der Waals surface area contributed by atoms with Crippen LogP contribution in [0.4, 0.5) is 4.79 Å². The molecule has 0 bridgehead atoms. The van der Waals surface area contributed by atoms with E-state index in [-0.39, 0.29) is 23.9 Å². The van der Waals surface area contributed by atoms with Crippen LogP contribution in [0.25, 0.3) is 0 Å².